The van der Waals surface area contributed by atoms with Gasteiger partial charge in [-0.25, -0.2) is 9.37 Å². The van der Waals surface area contributed by atoms with Crippen molar-refractivity contribution in [3.8, 4) is 6.07 Å². The maximum absolute atomic E-state index is 13.1. The molecule has 1 heterocycles. The van der Waals surface area contributed by atoms with E-state index in [1.807, 2.05) is 6.07 Å². The highest BCUT2D eigenvalue weighted by Gasteiger charge is 2.12. The summed E-state index contributed by atoms with van der Waals surface area (Å²) in [5.74, 6) is -0.494. The molecule has 0 saturated carbocycles. The molecule has 1 aromatic carbocycles. The van der Waals surface area contributed by atoms with Gasteiger partial charge in [0.2, 0.25) is 0 Å². The fraction of sp³-hybridized carbons (Fsp3) is 0.0769. The minimum absolute atomic E-state index is 0.0133. The lowest BCUT2D eigenvalue weighted by atomic mass is 10.0. The van der Waals surface area contributed by atoms with Crippen LogP contribution in [-0.2, 0) is 0 Å². The van der Waals surface area contributed by atoms with Gasteiger partial charge >= 0.3 is 0 Å². The van der Waals surface area contributed by atoms with E-state index in [4.69, 9.17) is 22.6 Å². The fourth-order valence-electron chi connectivity index (χ4n) is 1.56. The van der Waals surface area contributed by atoms with Gasteiger partial charge in [-0.05, 0) is 29.8 Å². The molecule has 18 heavy (non-hydrogen) atoms. The summed E-state index contributed by atoms with van der Waals surface area (Å²) in [5, 5.41) is 8.78. The van der Waals surface area contributed by atoms with Gasteiger partial charge in [-0.2, -0.15) is 5.26 Å². The summed E-state index contributed by atoms with van der Waals surface area (Å²) >= 11 is 5.70. The smallest absolute Gasteiger partial charge is 0.141 e. The van der Waals surface area contributed by atoms with E-state index in [-0.39, 0.29) is 10.7 Å². The van der Waals surface area contributed by atoms with Crippen LogP contribution in [0.15, 0.2) is 36.4 Å². The lowest BCUT2D eigenvalue weighted by molar-refractivity contribution is 0.626. The van der Waals surface area contributed by atoms with Crippen LogP contribution in [0.25, 0.3) is 0 Å². The molecule has 2 aromatic rings. The standard InChI is InChI=1S/C13H9ClFN3/c14-10-6-8(4-5-11(10)15)13(17)12-3-1-2-9(7-16)18-12/h1-6,13H,17H2. The minimum atomic E-state index is -0.545. The first-order valence-electron chi connectivity index (χ1n) is 5.19. The van der Waals surface area contributed by atoms with Gasteiger partial charge in [-0.15, -0.1) is 0 Å². The molecule has 1 atom stereocenters. The lowest BCUT2D eigenvalue weighted by Crippen LogP contribution is -2.14. The van der Waals surface area contributed by atoms with Crippen LogP contribution in [-0.4, -0.2) is 4.98 Å². The molecule has 3 nitrogen and oxygen atoms in total. The maximum atomic E-state index is 13.1. The molecule has 0 radical (unpaired) electrons. The number of aromatic nitrogens is 1. The summed E-state index contributed by atoms with van der Waals surface area (Å²) in [6, 6.07) is 10.7. The van der Waals surface area contributed by atoms with Crippen molar-refractivity contribution < 1.29 is 4.39 Å². The summed E-state index contributed by atoms with van der Waals surface area (Å²) in [4.78, 5) is 4.10. The predicted octanol–water partition coefficient (Wildman–Crippen LogP) is 2.79. The summed E-state index contributed by atoms with van der Waals surface area (Å²) in [7, 11) is 0. The molecule has 0 spiro atoms. The van der Waals surface area contributed by atoms with Crippen LogP contribution in [0.3, 0.4) is 0 Å². The van der Waals surface area contributed by atoms with Gasteiger partial charge in [0.25, 0.3) is 0 Å². The third kappa shape index (κ3) is 2.48. The Morgan fingerprint density at radius 1 is 1.33 bits per heavy atom. The summed E-state index contributed by atoms with van der Waals surface area (Å²) < 4.78 is 13.1. The molecule has 0 aliphatic heterocycles. The maximum Gasteiger partial charge on any atom is 0.141 e. The van der Waals surface area contributed by atoms with Crippen molar-refractivity contribution in [3.63, 3.8) is 0 Å². The first-order valence-corrected chi connectivity index (χ1v) is 5.57. The number of rotatable bonds is 2. The molecule has 0 saturated heterocycles. The molecular formula is C13H9ClFN3. The monoisotopic (exact) mass is 261 g/mol. The second-order valence-corrected chi connectivity index (χ2v) is 4.12. The average Bonchev–Trinajstić information content (AvgIpc) is 2.41. The first kappa shape index (κ1) is 12.5. The first-order chi connectivity index (χ1) is 8.61. The molecule has 1 unspecified atom stereocenters. The Morgan fingerprint density at radius 2 is 2.11 bits per heavy atom. The van der Waals surface area contributed by atoms with Gasteiger partial charge in [-0.3, -0.25) is 0 Å². The van der Waals surface area contributed by atoms with Gasteiger partial charge < -0.3 is 5.73 Å². The Kier molecular flexibility index (Phi) is 3.56. The highest BCUT2D eigenvalue weighted by Crippen LogP contribution is 2.23. The second-order valence-electron chi connectivity index (χ2n) is 3.71. The largest absolute Gasteiger partial charge is 0.319 e. The van der Waals surface area contributed by atoms with Gasteiger partial charge in [0, 0.05) is 0 Å². The topological polar surface area (TPSA) is 62.7 Å². The number of halogens is 2. The Bertz CT molecular complexity index is 622. The van der Waals surface area contributed by atoms with E-state index in [0.717, 1.165) is 0 Å². The Morgan fingerprint density at radius 3 is 2.78 bits per heavy atom. The summed E-state index contributed by atoms with van der Waals surface area (Å²) in [5.41, 5.74) is 7.48. The lowest BCUT2D eigenvalue weighted by Gasteiger charge is -2.12. The quantitative estimate of drug-likeness (QED) is 0.904. The molecule has 2 N–H and O–H groups in total. The third-order valence-corrected chi connectivity index (χ3v) is 2.80. The predicted molar refractivity (Wildman–Crippen MR) is 66.4 cm³/mol. The summed E-state index contributed by atoms with van der Waals surface area (Å²) in [6.45, 7) is 0. The van der Waals surface area contributed by atoms with Crippen LogP contribution in [0.1, 0.15) is 23.0 Å². The molecule has 2 rings (SSSR count). The highest BCUT2D eigenvalue weighted by molar-refractivity contribution is 6.30. The molecule has 5 heteroatoms. The number of hydrogen-bond acceptors (Lipinski definition) is 3. The molecule has 90 valence electrons. The van der Waals surface area contributed by atoms with Crippen LogP contribution in [0.2, 0.25) is 5.02 Å². The van der Waals surface area contributed by atoms with Gasteiger partial charge in [0.15, 0.2) is 0 Å². The fourth-order valence-corrected chi connectivity index (χ4v) is 1.75. The highest BCUT2D eigenvalue weighted by atomic mass is 35.5. The number of nitrogens with zero attached hydrogens (tertiary/aromatic N) is 2. The average molecular weight is 262 g/mol. The number of hydrogen-bond donors (Lipinski definition) is 1. The van der Waals surface area contributed by atoms with E-state index in [1.54, 1.807) is 24.3 Å². The molecule has 0 fully saturated rings. The molecule has 1 aromatic heterocycles. The zero-order valence-electron chi connectivity index (χ0n) is 9.27. The van der Waals surface area contributed by atoms with E-state index in [2.05, 4.69) is 4.98 Å². The van der Waals surface area contributed by atoms with Crippen molar-refractivity contribution in [3.05, 3.63) is 64.2 Å². The molecule has 0 amide bonds. The Hall–Kier alpha value is -1.96. The number of nitriles is 1. The van der Waals surface area contributed by atoms with Crippen molar-refractivity contribution in [2.45, 2.75) is 6.04 Å². The van der Waals surface area contributed by atoms with E-state index in [0.29, 0.717) is 11.3 Å². The van der Waals surface area contributed by atoms with Gasteiger partial charge in [-0.1, -0.05) is 23.7 Å². The normalized spacial score (nSPS) is 11.9. The van der Waals surface area contributed by atoms with Crippen molar-refractivity contribution in [2.24, 2.45) is 5.73 Å². The van der Waals surface area contributed by atoms with Crippen LogP contribution in [0, 0.1) is 17.1 Å². The molecular weight excluding hydrogens is 253 g/mol. The number of pyridine rings is 1. The van der Waals surface area contributed by atoms with Crippen molar-refractivity contribution >= 4 is 11.6 Å². The molecule has 0 aliphatic rings. The molecule has 0 bridgehead atoms. The van der Waals surface area contributed by atoms with Crippen LogP contribution in [0.4, 0.5) is 4.39 Å². The third-order valence-electron chi connectivity index (χ3n) is 2.51. The van der Waals surface area contributed by atoms with Gasteiger partial charge in [0.05, 0.1) is 16.8 Å². The Labute approximate surface area is 109 Å². The van der Waals surface area contributed by atoms with Crippen molar-refractivity contribution in [1.29, 1.82) is 5.26 Å². The number of nitrogens with two attached hydrogens (primary N) is 1. The zero-order valence-corrected chi connectivity index (χ0v) is 10.0. The Balaban J connectivity index is 2.38. The number of benzene rings is 1. The van der Waals surface area contributed by atoms with E-state index < -0.39 is 11.9 Å². The van der Waals surface area contributed by atoms with Crippen molar-refractivity contribution in [2.75, 3.05) is 0 Å². The SMILES string of the molecule is N#Cc1cccc(C(N)c2ccc(F)c(Cl)c2)n1. The van der Waals surface area contributed by atoms with Crippen LogP contribution < -0.4 is 5.73 Å². The minimum Gasteiger partial charge on any atom is -0.319 e. The van der Waals surface area contributed by atoms with Crippen LogP contribution >= 0.6 is 11.6 Å². The second kappa shape index (κ2) is 5.13. The van der Waals surface area contributed by atoms with E-state index in [9.17, 15) is 4.39 Å². The van der Waals surface area contributed by atoms with Gasteiger partial charge in [0.1, 0.15) is 17.6 Å². The van der Waals surface area contributed by atoms with Crippen molar-refractivity contribution in [1.82, 2.24) is 4.98 Å². The zero-order chi connectivity index (χ0) is 13.1. The van der Waals surface area contributed by atoms with E-state index >= 15 is 0 Å². The summed E-state index contributed by atoms with van der Waals surface area (Å²) in [6.07, 6.45) is 0. The van der Waals surface area contributed by atoms with Crippen LogP contribution in [0.5, 0.6) is 0 Å². The molecule has 0 aliphatic carbocycles. The van der Waals surface area contributed by atoms with E-state index in [1.165, 1.54) is 12.1 Å².